The van der Waals surface area contributed by atoms with Crippen LogP contribution in [0, 0.1) is 0 Å². The molecule has 1 unspecified atom stereocenters. The number of nitrogens with one attached hydrogen (secondary N) is 1. The van der Waals surface area contributed by atoms with Crippen molar-refractivity contribution in [2.75, 3.05) is 20.3 Å². The van der Waals surface area contributed by atoms with E-state index < -0.39 is 0 Å². The largest absolute Gasteiger partial charge is 0.475 e. The first-order valence-corrected chi connectivity index (χ1v) is 5.83. The number of hydroxylamine groups is 1. The number of nitrogens with zero attached hydrogens (tertiary/aromatic N) is 1. The normalized spacial score (nSPS) is 18.6. The average Bonchev–Trinajstić information content (AvgIpc) is 2.90. The summed E-state index contributed by atoms with van der Waals surface area (Å²) in [6, 6.07) is 3.28. The van der Waals surface area contributed by atoms with Crippen LogP contribution in [0.15, 0.2) is 18.3 Å². The first-order chi connectivity index (χ1) is 8.79. The van der Waals surface area contributed by atoms with Crippen molar-refractivity contribution in [1.82, 2.24) is 10.5 Å². The summed E-state index contributed by atoms with van der Waals surface area (Å²) in [4.78, 5) is 20.0. The number of carbonyl (C=O) groups excluding carboxylic acids is 1. The van der Waals surface area contributed by atoms with E-state index in [0.717, 1.165) is 19.4 Å². The van der Waals surface area contributed by atoms with Crippen molar-refractivity contribution in [2.45, 2.75) is 18.9 Å². The van der Waals surface area contributed by atoms with Gasteiger partial charge in [-0.05, 0) is 18.9 Å². The van der Waals surface area contributed by atoms with Gasteiger partial charge in [-0.15, -0.1) is 0 Å². The fraction of sp³-hybridized carbons (Fsp3) is 0.500. The Labute approximate surface area is 105 Å². The van der Waals surface area contributed by atoms with Crippen molar-refractivity contribution >= 4 is 5.91 Å². The van der Waals surface area contributed by atoms with Crippen LogP contribution in [0.5, 0.6) is 5.88 Å². The third kappa shape index (κ3) is 3.41. The zero-order valence-electron chi connectivity index (χ0n) is 10.2. The third-order valence-corrected chi connectivity index (χ3v) is 2.63. The van der Waals surface area contributed by atoms with E-state index in [1.54, 1.807) is 12.1 Å². The number of hydrogen-bond donors (Lipinski definition) is 1. The molecule has 0 aliphatic carbocycles. The number of hydrogen-bond acceptors (Lipinski definition) is 5. The van der Waals surface area contributed by atoms with Crippen LogP contribution in [0.1, 0.15) is 23.2 Å². The molecule has 0 spiro atoms. The number of ether oxygens (including phenoxy) is 2. The Morgan fingerprint density at radius 3 is 3.11 bits per heavy atom. The predicted octanol–water partition coefficient (Wildman–Crippen LogP) is 0.931. The van der Waals surface area contributed by atoms with Crippen molar-refractivity contribution in [2.24, 2.45) is 0 Å². The SMILES string of the molecule is CONC(=O)c1ccc(OCC2CCCO2)nc1. The van der Waals surface area contributed by atoms with Gasteiger partial charge in [0.2, 0.25) is 5.88 Å². The van der Waals surface area contributed by atoms with Crippen LogP contribution in [0.25, 0.3) is 0 Å². The molecule has 0 bridgehead atoms. The lowest BCUT2D eigenvalue weighted by Gasteiger charge is -2.10. The van der Waals surface area contributed by atoms with E-state index in [9.17, 15) is 4.79 Å². The molecule has 0 aromatic carbocycles. The van der Waals surface area contributed by atoms with E-state index in [1.165, 1.54) is 13.3 Å². The maximum Gasteiger partial charge on any atom is 0.276 e. The molecule has 1 saturated heterocycles. The first kappa shape index (κ1) is 12.8. The van der Waals surface area contributed by atoms with Gasteiger partial charge in [-0.3, -0.25) is 9.63 Å². The maximum absolute atomic E-state index is 11.4. The van der Waals surface area contributed by atoms with Gasteiger partial charge in [0.1, 0.15) is 6.61 Å². The van der Waals surface area contributed by atoms with Crippen LogP contribution in [-0.4, -0.2) is 37.3 Å². The Kier molecular flexibility index (Phi) is 4.49. The molecular weight excluding hydrogens is 236 g/mol. The predicted molar refractivity (Wildman–Crippen MR) is 63.2 cm³/mol. The molecule has 2 rings (SSSR count). The summed E-state index contributed by atoms with van der Waals surface area (Å²) < 4.78 is 10.9. The zero-order chi connectivity index (χ0) is 12.8. The van der Waals surface area contributed by atoms with Crippen molar-refractivity contribution in [3.63, 3.8) is 0 Å². The number of carbonyl (C=O) groups is 1. The Morgan fingerprint density at radius 2 is 2.50 bits per heavy atom. The summed E-state index contributed by atoms with van der Waals surface area (Å²) in [5.41, 5.74) is 2.64. The van der Waals surface area contributed by atoms with Gasteiger partial charge in [-0.1, -0.05) is 0 Å². The Bertz CT molecular complexity index is 388. The number of pyridine rings is 1. The quantitative estimate of drug-likeness (QED) is 0.789. The summed E-state index contributed by atoms with van der Waals surface area (Å²) in [6.45, 7) is 1.30. The molecule has 0 radical (unpaired) electrons. The van der Waals surface area contributed by atoms with Gasteiger partial charge in [0.05, 0.1) is 18.8 Å². The molecule has 6 heteroatoms. The van der Waals surface area contributed by atoms with Gasteiger partial charge < -0.3 is 9.47 Å². The molecule has 1 amide bonds. The molecule has 2 heterocycles. The third-order valence-electron chi connectivity index (χ3n) is 2.63. The Hall–Kier alpha value is -1.66. The van der Waals surface area contributed by atoms with E-state index in [0.29, 0.717) is 18.1 Å². The van der Waals surface area contributed by atoms with E-state index >= 15 is 0 Å². The van der Waals surface area contributed by atoms with Crippen molar-refractivity contribution in [1.29, 1.82) is 0 Å². The van der Waals surface area contributed by atoms with Crippen LogP contribution >= 0.6 is 0 Å². The minimum atomic E-state index is -0.337. The van der Waals surface area contributed by atoms with Crippen LogP contribution in [0.3, 0.4) is 0 Å². The van der Waals surface area contributed by atoms with Gasteiger partial charge in [0, 0.05) is 18.9 Å². The maximum atomic E-state index is 11.4. The molecule has 98 valence electrons. The van der Waals surface area contributed by atoms with Crippen LogP contribution in [-0.2, 0) is 9.57 Å². The van der Waals surface area contributed by atoms with Crippen LogP contribution in [0.4, 0.5) is 0 Å². The summed E-state index contributed by atoms with van der Waals surface area (Å²) >= 11 is 0. The highest BCUT2D eigenvalue weighted by Crippen LogP contribution is 2.14. The van der Waals surface area contributed by atoms with Gasteiger partial charge in [0.25, 0.3) is 5.91 Å². The number of rotatable bonds is 5. The van der Waals surface area contributed by atoms with E-state index in [1.807, 2.05) is 0 Å². The summed E-state index contributed by atoms with van der Waals surface area (Å²) in [5.74, 6) is 0.148. The fourth-order valence-electron chi connectivity index (χ4n) is 1.71. The molecule has 1 aliphatic heterocycles. The lowest BCUT2D eigenvalue weighted by molar-refractivity contribution is 0.0536. The smallest absolute Gasteiger partial charge is 0.276 e. The zero-order valence-corrected chi connectivity index (χ0v) is 10.2. The number of aromatic nitrogens is 1. The van der Waals surface area contributed by atoms with Gasteiger partial charge in [-0.2, -0.15) is 0 Å². The van der Waals surface area contributed by atoms with Crippen LogP contribution < -0.4 is 10.2 Å². The monoisotopic (exact) mass is 252 g/mol. The molecule has 1 N–H and O–H groups in total. The van der Waals surface area contributed by atoms with Crippen molar-refractivity contribution in [3.05, 3.63) is 23.9 Å². The van der Waals surface area contributed by atoms with Crippen molar-refractivity contribution < 1.29 is 19.1 Å². The average molecular weight is 252 g/mol. The summed E-state index contributed by atoms with van der Waals surface area (Å²) in [5, 5.41) is 0. The van der Waals surface area contributed by atoms with Crippen molar-refractivity contribution in [3.8, 4) is 5.88 Å². The Balaban J connectivity index is 1.85. The molecular formula is C12H16N2O4. The lowest BCUT2D eigenvalue weighted by atomic mass is 10.2. The van der Waals surface area contributed by atoms with Gasteiger partial charge >= 0.3 is 0 Å². The lowest BCUT2D eigenvalue weighted by Crippen LogP contribution is -2.22. The Morgan fingerprint density at radius 1 is 1.61 bits per heavy atom. The van der Waals surface area contributed by atoms with E-state index in [4.69, 9.17) is 9.47 Å². The highest BCUT2D eigenvalue weighted by atomic mass is 16.6. The minimum absolute atomic E-state index is 0.156. The second kappa shape index (κ2) is 6.32. The summed E-state index contributed by atoms with van der Waals surface area (Å²) in [6.07, 6.45) is 3.70. The second-order valence-corrected chi connectivity index (χ2v) is 3.97. The van der Waals surface area contributed by atoms with E-state index in [-0.39, 0.29) is 12.0 Å². The molecule has 1 atom stereocenters. The van der Waals surface area contributed by atoms with Gasteiger partial charge in [-0.25, -0.2) is 10.5 Å². The molecule has 6 nitrogen and oxygen atoms in total. The minimum Gasteiger partial charge on any atom is -0.475 e. The molecule has 1 aliphatic rings. The van der Waals surface area contributed by atoms with Gasteiger partial charge in [0.15, 0.2) is 0 Å². The highest BCUT2D eigenvalue weighted by molar-refractivity contribution is 5.93. The standard InChI is InChI=1S/C12H16N2O4/c1-16-14-12(15)9-4-5-11(13-7-9)18-8-10-3-2-6-17-10/h4-5,7,10H,2-3,6,8H2,1H3,(H,14,15). The molecule has 1 aromatic heterocycles. The summed E-state index contributed by atoms with van der Waals surface area (Å²) in [7, 11) is 1.38. The number of amides is 1. The highest BCUT2D eigenvalue weighted by Gasteiger charge is 2.16. The second-order valence-electron chi connectivity index (χ2n) is 3.97. The molecule has 1 fully saturated rings. The molecule has 1 aromatic rings. The van der Waals surface area contributed by atoms with Crippen LogP contribution in [0.2, 0.25) is 0 Å². The topological polar surface area (TPSA) is 69.7 Å². The fourth-order valence-corrected chi connectivity index (χ4v) is 1.71. The first-order valence-electron chi connectivity index (χ1n) is 5.83. The van der Waals surface area contributed by atoms with E-state index in [2.05, 4.69) is 15.3 Å². The molecule has 0 saturated carbocycles. The molecule has 18 heavy (non-hydrogen) atoms.